The van der Waals surface area contributed by atoms with E-state index in [-0.39, 0.29) is 18.9 Å². The number of ether oxygens (including phenoxy) is 4. The third kappa shape index (κ3) is 10.6. The third-order valence-corrected chi connectivity index (χ3v) is 7.57. The number of hydrogen-bond donors (Lipinski definition) is 9. The van der Waals surface area contributed by atoms with E-state index >= 15 is 0 Å². The number of amides is 1. The lowest BCUT2D eigenvalue weighted by molar-refractivity contribution is -0.359. The van der Waals surface area contributed by atoms with Crippen LogP contribution in [0.1, 0.15) is 71.6 Å². The Bertz CT molecular complexity index is 729. The number of hydrogen-bond acceptors (Lipinski definition) is 13. The summed E-state index contributed by atoms with van der Waals surface area (Å²) in [6.45, 7) is 2.45. The van der Waals surface area contributed by atoms with E-state index in [0.717, 1.165) is 38.5 Å². The van der Waals surface area contributed by atoms with Gasteiger partial charge >= 0.3 is 0 Å². The van der Waals surface area contributed by atoms with Crippen molar-refractivity contribution in [3.63, 3.8) is 0 Å². The first-order valence-electron chi connectivity index (χ1n) is 14.8. The van der Waals surface area contributed by atoms with Gasteiger partial charge in [0.05, 0.1) is 32.0 Å². The van der Waals surface area contributed by atoms with Gasteiger partial charge in [-0.1, -0.05) is 52.4 Å². The lowest BCUT2D eigenvalue weighted by atomic mass is 9.97. The second kappa shape index (κ2) is 18.6. The highest BCUT2D eigenvalue weighted by molar-refractivity contribution is 5.76. The van der Waals surface area contributed by atoms with E-state index in [1.54, 1.807) is 0 Å². The maximum absolute atomic E-state index is 12.5. The third-order valence-electron chi connectivity index (χ3n) is 7.57. The van der Waals surface area contributed by atoms with Crippen molar-refractivity contribution in [1.29, 1.82) is 0 Å². The monoisotopic (exact) mass is 597 g/mol. The first-order chi connectivity index (χ1) is 19.6. The Morgan fingerprint density at radius 1 is 0.780 bits per heavy atom. The predicted molar refractivity (Wildman–Crippen MR) is 143 cm³/mol. The summed E-state index contributed by atoms with van der Waals surface area (Å²) in [5.74, 6) is -0.244. The van der Waals surface area contributed by atoms with E-state index < -0.39 is 86.8 Å². The zero-order valence-electron chi connectivity index (χ0n) is 24.0. The number of aliphatic hydroxyl groups is 8. The van der Waals surface area contributed by atoms with Crippen molar-refractivity contribution < 1.29 is 64.6 Å². The standard InChI is InChI=1S/C27H51NO13/c1-3-5-7-9-10-16(31)15(28-19(32)11-8-6-4-2)14-38-26-24(37)22(35)25(18(13-30)40-26)41-27-23(36)21(34)20(33)17(12-29)39-27/h15-18,20-27,29-31,33-37H,3-14H2,1-2H3,(H,28,32). The molecular weight excluding hydrogens is 546 g/mol. The molecule has 2 aliphatic heterocycles. The highest BCUT2D eigenvalue weighted by Gasteiger charge is 2.50. The summed E-state index contributed by atoms with van der Waals surface area (Å²) in [6, 6.07) is -0.811. The zero-order valence-corrected chi connectivity index (χ0v) is 24.0. The van der Waals surface area contributed by atoms with Gasteiger partial charge in [0.15, 0.2) is 12.6 Å². The molecule has 2 saturated heterocycles. The Morgan fingerprint density at radius 3 is 2.02 bits per heavy atom. The molecule has 242 valence electrons. The first kappa shape index (κ1) is 36.2. The van der Waals surface area contributed by atoms with Crippen molar-refractivity contribution >= 4 is 5.91 Å². The number of unbranched alkanes of at least 4 members (excludes halogenated alkanes) is 5. The molecule has 0 aromatic carbocycles. The van der Waals surface area contributed by atoms with E-state index in [9.17, 15) is 45.6 Å². The van der Waals surface area contributed by atoms with Gasteiger partial charge in [-0.3, -0.25) is 4.79 Å². The fourth-order valence-electron chi connectivity index (χ4n) is 4.94. The average molecular weight is 598 g/mol. The highest BCUT2D eigenvalue weighted by Crippen LogP contribution is 2.29. The molecule has 12 atom stereocenters. The van der Waals surface area contributed by atoms with Gasteiger partial charge in [-0.2, -0.15) is 0 Å². The van der Waals surface area contributed by atoms with Crippen LogP contribution in [0.2, 0.25) is 0 Å². The van der Waals surface area contributed by atoms with Gasteiger partial charge in [0.2, 0.25) is 5.91 Å². The molecule has 9 N–H and O–H groups in total. The Balaban J connectivity index is 2.04. The van der Waals surface area contributed by atoms with Crippen LogP contribution in [0.3, 0.4) is 0 Å². The topological polar surface area (TPSA) is 228 Å². The summed E-state index contributed by atoms with van der Waals surface area (Å²) in [5.41, 5.74) is 0. The largest absolute Gasteiger partial charge is 0.394 e. The molecule has 14 nitrogen and oxygen atoms in total. The lowest BCUT2D eigenvalue weighted by Crippen LogP contribution is -2.65. The maximum Gasteiger partial charge on any atom is 0.220 e. The molecule has 0 spiro atoms. The molecule has 0 radical (unpaired) electrons. The Morgan fingerprint density at radius 2 is 1.39 bits per heavy atom. The summed E-state index contributed by atoms with van der Waals surface area (Å²) >= 11 is 0. The fourth-order valence-corrected chi connectivity index (χ4v) is 4.94. The van der Waals surface area contributed by atoms with E-state index in [4.69, 9.17) is 18.9 Å². The Kier molecular flexibility index (Phi) is 16.4. The first-order valence-corrected chi connectivity index (χ1v) is 14.8. The minimum Gasteiger partial charge on any atom is -0.394 e. The molecule has 12 unspecified atom stereocenters. The van der Waals surface area contributed by atoms with Crippen LogP contribution in [-0.4, -0.2) is 140 Å². The predicted octanol–water partition coefficient (Wildman–Crippen LogP) is -1.98. The zero-order chi connectivity index (χ0) is 30.5. The molecule has 0 aromatic heterocycles. The van der Waals surface area contributed by atoms with Gasteiger partial charge in [-0.05, 0) is 12.8 Å². The Labute approximate surface area is 241 Å². The van der Waals surface area contributed by atoms with Gasteiger partial charge in [-0.25, -0.2) is 0 Å². The molecule has 1 amide bonds. The average Bonchev–Trinajstić information content (AvgIpc) is 2.96. The van der Waals surface area contributed by atoms with Crippen LogP contribution in [0.25, 0.3) is 0 Å². The van der Waals surface area contributed by atoms with Crippen molar-refractivity contribution in [2.45, 2.75) is 145 Å². The molecule has 0 aliphatic carbocycles. The maximum atomic E-state index is 12.5. The minimum atomic E-state index is -1.77. The van der Waals surface area contributed by atoms with Crippen LogP contribution in [0.15, 0.2) is 0 Å². The minimum absolute atomic E-state index is 0.244. The number of carbonyl (C=O) groups is 1. The molecule has 0 saturated carbocycles. The van der Waals surface area contributed by atoms with Crippen molar-refractivity contribution in [3.05, 3.63) is 0 Å². The normalized spacial score (nSPS) is 35.7. The second-order valence-electron chi connectivity index (χ2n) is 10.9. The van der Waals surface area contributed by atoms with Crippen LogP contribution in [0, 0.1) is 0 Å². The van der Waals surface area contributed by atoms with Gasteiger partial charge in [0.1, 0.15) is 48.8 Å². The quantitative estimate of drug-likeness (QED) is 0.0782. The molecule has 2 fully saturated rings. The number of nitrogens with one attached hydrogen (secondary N) is 1. The summed E-state index contributed by atoms with van der Waals surface area (Å²) in [6.07, 6.45) is -9.62. The van der Waals surface area contributed by atoms with Crippen LogP contribution < -0.4 is 5.32 Å². The molecule has 41 heavy (non-hydrogen) atoms. The molecule has 2 rings (SSSR count). The molecule has 2 aliphatic rings. The fraction of sp³-hybridized carbons (Fsp3) is 0.963. The van der Waals surface area contributed by atoms with Crippen molar-refractivity contribution in [1.82, 2.24) is 5.32 Å². The van der Waals surface area contributed by atoms with Crippen molar-refractivity contribution in [2.75, 3.05) is 19.8 Å². The summed E-state index contributed by atoms with van der Waals surface area (Å²) < 4.78 is 22.2. The van der Waals surface area contributed by atoms with Crippen LogP contribution in [0.4, 0.5) is 0 Å². The second-order valence-corrected chi connectivity index (χ2v) is 10.9. The number of aliphatic hydroxyl groups excluding tert-OH is 8. The molecule has 0 bridgehead atoms. The van der Waals surface area contributed by atoms with Gasteiger partial charge in [0, 0.05) is 6.42 Å². The molecular formula is C27H51NO13. The van der Waals surface area contributed by atoms with Crippen LogP contribution in [0.5, 0.6) is 0 Å². The van der Waals surface area contributed by atoms with E-state index in [1.807, 2.05) is 6.92 Å². The smallest absolute Gasteiger partial charge is 0.220 e. The van der Waals surface area contributed by atoms with E-state index in [2.05, 4.69) is 12.2 Å². The molecule has 14 heteroatoms. The summed E-state index contributed by atoms with van der Waals surface area (Å²) in [7, 11) is 0. The summed E-state index contributed by atoms with van der Waals surface area (Å²) in [5, 5.41) is 84.7. The van der Waals surface area contributed by atoms with Crippen LogP contribution in [-0.2, 0) is 23.7 Å². The Hall–Kier alpha value is -1.01. The summed E-state index contributed by atoms with van der Waals surface area (Å²) in [4.78, 5) is 12.5. The molecule has 0 aromatic rings. The molecule has 2 heterocycles. The highest BCUT2D eigenvalue weighted by atomic mass is 16.7. The van der Waals surface area contributed by atoms with Crippen LogP contribution >= 0.6 is 0 Å². The van der Waals surface area contributed by atoms with Crippen molar-refractivity contribution in [3.8, 4) is 0 Å². The van der Waals surface area contributed by atoms with E-state index in [1.165, 1.54) is 0 Å². The SMILES string of the molecule is CCCCCCC(O)C(COC1OC(CO)C(OC2OC(CO)C(O)C(O)C2O)C(O)C1O)NC(=O)CCCCC. The van der Waals surface area contributed by atoms with Gasteiger partial charge in [-0.15, -0.1) is 0 Å². The number of carbonyl (C=O) groups excluding carboxylic acids is 1. The van der Waals surface area contributed by atoms with Gasteiger partial charge in [0.25, 0.3) is 0 Å². The lowest BCUT2D eigenvalue weighted by Gasteiger charge is -2.46. The number of rotatable bonds is 18. The van der Waals surface area contributed by atoms with Crippen molar-refractivity contribution in [2.24, 2.45) is 0 Å². The van der Waals surface area contributed by atoms with E-state index in [0.29, 0.717) is 12.8 Å². The van der Waals surface area contributed by atoms with Gasteiger partial charge < -0.3 is 65.1 Å².